The molecule has 2 N–H and O–H groups in total. The maximum atomic E-state index is 12.0. The molecule has 0 heterocycles. The van der Waals surface area contributed by atoms with Gasteiger partial charge in [-0.3, -0.25) is 9.59 Å². The van der Waals surface area contributed by atoms with Crippen LogP contribution in [0.3, 0.4) is 0 Å². The van der Waals surface area contributed by atoms with E-state index in [0.717, 1.165) is 25.0 Å². The summed E-state index contributed by atoms with van der Waals surface area (Å²) in [6.07, 6.45) is 4.45. The fourth-order valence-corrected chi connectivity index (χ4v) is 2.84. The van der Waals surface area contributed by atoms with E-state index in [2.05, 4.69) is 17.6 Å². The Balaban J connectivity index is 1.86. The van der Waals surface area contributed by atoms with Crippen LogP contribution in [0.4, 0.5) is 5.69 Å². The maximum Gasteiger partial charge on any atom is 0.313 e. The highest BCUT2D eigenvalue weighted by atomic mass is 16.5. The van der Waals surface area contributed by atoms with Gasteiger partial charge in [-0.05, 0) is 56.9 Å². The highest BCUT2D eigenvalue weighted by molar-refractivity contribution is 6.39. The predicted molar refractivity (Wildman–Crippen MR) is 90.4 cm³/mol. The Hall–Kier alpha value is -2.04. The van der Waals surface area contributed by atoms with E-state index in [9.17, 15) is 9.59 Å². The number of hydrogen-bond acceptors (Lipinski definition) is 3. The zero-order valence-corrected chi connectivity index (χ0v) is 14.1. The minimum Gasteiger partial charge on any atom is -0.491 e. The Morgan fingerprint density at radius 2 is 1.74 bits per heavy atom. The number of amides is 2. The van der Waals surface area contributed by atoms with Gasteiger partial charge in [-0.2, -0.15) is 0 Å². The molecule has 5 heteroatoms. The van der Waals surface area contributed by atoms with Gasteiger partial charge in [0.25, 0.3) is 0 Å². The van der Waals surface area contributed by atoms with Crippen LogP contribution in [0.2, 0.25) is 0 Å². The lowest BCUT2D eigenvalue weighted by Gasteiger charge is -2.29. The largest absolute Gasteiger partial charge is 0.491 e. The minimum atomic E-state index is -0.625. The first-order valence-corrected chi connectivity index (χ1v) is 8.34. The smallest absolute Gasteiger partial charge is 0.313 e. The van der Waals surface area contributed by atoms with Crippen LogP contribution >= 0.6 is 0 Å². The molecule has 5 nitrogen and oxygen atoms in total. The zero-order valence-electron chi connectivity index (χ0n) is 14.1. The predicted octanol–water partition coefficient (Wildman–Crippen LogP) is 3.11. The van der Waals surface area contributed by atoms with Gasteiger partial charge < -0.3 is 15.4 Å². The molecule has 1 aromatic rings. The second-order valence-corrected chi connectivity index (χ2v) is 6.49. The third kappa shape index (κ3) is 5.27. The molecule has 1 aliphatic carbocycles. The van der Waals surface area contributed by atoms with E-state index < -0.39 is 11.8 Å². The molecule has 0 saturated heterocycles. The van der Waals surface area contributed by atoms with Crippen molar-refractivity contribution in [2.24, 2.45) is 5.92 Å². The summed E-state index contributed by atoms with van der Waals surface area (Å²) in [7, 11) is 0. The Morgan fingerprint density at radius 1 is 1.09 bits per heavy atom. The second kappa shape index (κ2) is 7.99. The summed E-state index contributed by atoms with van der Waals surface area (Å²) in [5.74, 6) is -0.0296. The summed E-state index contributed by atoms with van der Waals surface area (Å²) in [6, 6.07) is 7.11. The van der Waals surface area contributed by atoms with Gasteiger partial charge in [-0.25, -0.2) is 0 Å². The summed E-state index contributed by atoms with van der Waals surface area (Å²) in [5.41, 5.74) is 0.581. The van der Waals surface area contributed by atoms with E-state index >= 15 is 0 Å². The second-order valence-electron chi connectivity index (χ2n) is 6.49. The average Bonchev–Trinajstić information content (AvgIpc) is 2.51. The Bertz CT molecular complexity index is 540. The number of nitrogens with one attached hydrogen (secondary N) is 2. The van der Waals surface area contributed by atoms with E-state index in [4.69, 9.17) is 4.74 Å². The number of carbonyl (C=O) groups is 2. The fourth-order valence-electron chi connectivity index (χ4n) is 2.84. The van der Waals surface area contributed by atoms with Crippen molar-refractivity contribution in [3.8, 4) is 5.75 Å². The zero-order chi connectivity index (χ0) is 16.8. The molecule has 2 amide bonds. The van der Waals surface area contributed by atoms with Crippen molar-refractivity contribution in [1.82, 2.24) is 5.32 Å². The highest BCUT2D eigenvalue weighted by Crippen LogP contribution is 2.23. The Morgan fingerprint density at radius 3 is 2.35 bits per heavy atom. The first kappa shape index (κ1) is 17.3. The minimum absolute atomic E-state index is 0.0960. The van der Waals surface area contributed by atoms with Gasteiger partial charge in [-0.1, -0.05) is 19.8 Å². The third-order valence-electron chi connectivity index (χ3n) is 4.12. The maximum absolute atomic E-state index is 12.0. The van der Waals surface area contributed by atoms with E-state index in [-0.39, 0.29) is 12.1 Å². The molecule has 2 rings (SSSR count). The van der Waals surface area contributed by atoms with Crippen LogP contribution in [0.5, 0.6) is 5.75 Å². The van der Waals surface area contributed by atoms with Crippen molar-refractivity contribution in [2.45, 2.75) is 58.6 Å². The van der Waals surface area contributed by atoms with Crippen molar-refractivity contribution in [2.75, 3.05) is 5.32 Å². The van der Waals surface area contributed by atoms with E-state index in [0.29, 0.717) is 11.6 Å². The summed E-state index contributed by atoms with van der Waals surface area (Å²) < 4.78 is 5.54. The Kier molecular flexibility index (Phi) is 6.02. The first-order valence-electron chi connectivity index (χ1n) is 8.34. The monoisotopic (exact) mass is 318 g/mol. The lowest BCUT2D eigenvalue weighted by Crippen LogP contribution is -2.45. The van der Waals surface area contributed by atoms with Gasteiger partial charge in [0.1, 0.15) is 5.75 Å². The van der Waals surface area contributed by atoms with E-state index in [1.165, 1.54) is 6.42 Å². The molecular weight excluding hydrogens is 292 g/mol. The molecule has 0 aliphatic heterocycles. The molecule has 126 valence electrons. The standard InChI is InChI=1S/C18H26N2O3/c1-12(2)23-15-10-8-14(9-11-15)19-17(21)18(22)20-16-7-5-4-6-13(16)3/h8-13,16H,4-7H2,1-3H3,(H,19,21)(H,20,22)/t13-,16+/m0/s1. The summed E-state index contributed by atoms with van der Waals surface area (Å²) >= 11 is 0. The number of carbonyl (C=O) groups excluding carboxylic acids is 2. The number of hydrogen-bond donors (Lipinski definition) is 2. The quantitative estimate of drug-likeness (QED) is 0.838. The number of benzene rings is 1. The molecule has 0 unspecified atom stereocenters. The van der Waals surface area contributed by atoms with Crippen molar-refractivity contribution in [3.63, 3.8) is 0 Å². The molecule has 1 saturated carbocycles. The lowest BCUT2D eigenvalue weighted by molar-refractivity contribution is -0.137. The molecule has 1 aromatic carbocycles. The van der Waals surface area contributed by atoms with Gasteiger partial charge in [0.15, 0.2) is 0 Å². The average molecular weight is 318 g/mol. The van der Waals surface area contributed by atoms with Gasteiger partial charge in [0.2, 0.25) is 0 Å². The molecule has 0 bridgehead atoms. The van der Waals surface area contributed by atoms with Crippen LogP contribution in [-0.4, -0.2) is 24.0 Å². The summed E-state index contributed by atoms with van der Waals surface area (Å²) in [5, 5.41) is 5.47. The van der Waals surface area contributed by atoms with Gasteiger partial charge in [0.05, 0.1) is 6.10 Å². The molecule has 0 spiro atoms. The highest BCUT2D eigenvalue weighted by Gasteiger charge is 2.25. The molecule has 0 radical (unpaired) electrons. The topological polar surface area (TPSA) is 67.4 Å². The number of rotatable bonds is 4. The SMILES string of the molecule is CC(C)Oc1ccc(NC(=O)C(=O)N[C@@H]2CCCC[C@@H]2C)cc1. The van der Waals surface area contributed by atoms with Crippen LogP contribution in [0.15, 0.2) is 24.3 Å². The first-order chi connectivity index (χ1) is 11.0. The number of ether oxygens (including phenoxy) is 1. The van der Waals surface area contributed by atoms with Gasteiger partial charge in [0, 0.05) is 11.7 Å². The normalized spacial score (nSPS) is 20.9. The lowest BCUT2D eigenvalue weighted by atomic mass is 9.86. The number of anilines is 1. The molecular formula is C18H26N2O3. The van der Waals surface area contributed by atoms with Crippen molar-refractivity contribution < 1.29 is 14.3 Å². The van der Waals surface area contributed by atoms with Crippen LogP contribution in [-0.2, 0) is 9.59 Å². The van der Waals surface area contributed by atoms with E-state index in [1.54, 1.807) is 24.3 Å². The molecule has 23 heavy (non-hydrogen) atoms. The van der Waals surface area contributed by atoms with E-state index in [1.807, 2.05) is 13.8 Å². The molecule has 1 aliphatic rings. The molecule has 2 atom stereocenters. The molecule has 0 aromatic heterocycles. The summed E-state index contributed by atoms with van der Waals surface area (Å²) in [4.78, 5) is 24.0. The summed E-state index contributed by atoms with van der Waals surface area (Å²) in [6.45, 7) is 6.02. The van der Waals surface area contributed by atoms with Crippen molar-refractivity contribution in [3.05, 3.63) is 24.3 Å². The van der Waals surface area contributed by atoms with Crippen LogP contribution in [0.1, 0.15) is 46.5 Å². The van der Waals surface area contributed by atoms with Crippen LogP contribution in [0.25, 0.3) is 0 Å². The Labute approximate surface area is 137 Å². The van der Waals surface area contributed by atoms with Gasteiger partial charge in [-0.15, -0.1) is 0 Å². The van der Waals surface area contributed by atoms with Gasteiger partial charge >= 0.3 is 11.8 Å². The molecule has 1 fully saturated rings. The van der Waals surface area contributed by atoms with Crippen molar-refractivity contribution in [1.29, 1.82) is 0 Å². The van der Waals surface area contributed by atoms with Crippen LogP contribution in [0, 0.1) is 5.92 Å². The van der Waals surface area contributed by atoms with Crippen LogP contribution < -0.4 is 15.4 Å². The fraction of sp³-hybridized carbons (Fsp3) is 0.556. The van der Waals surface area contributed by atoms with Crippen molar-refractivity contribution >= 4 is 17.5 Å². The third-order valence-corrected chi connectivity index (χ3v) is 4.12.